The van der Waals surface area contributed by atoms with Crippen LogP contribution in [0.1, 0.15) is 28.8 Å². The highest BCUT2D eigenvalue weighted by molar-refractivity contribution is 6.35. The van der Waals surface area contributed by atoms with Gasteiger partial charge in [0, 0.05) is 29.4 Å². The third kappa shape index (κ3) is 6.50. The molecule has 0 fully saturated rings. The van der Waals surface area contributed by atoms with Crippen molar-refractivity contribution in [2.75, 3.05) is 6.61 Å². The smallest absolute Gasteiger partial charge is 0.269 e. The Kier molecular flexibility index (Phi) is 7.70. The molecule has 3 aromatic rings. The fourth-order valence-electron chi connectivity index (χ4n) is 2.61. The molecule has 0 aliphatic heterocycles. The van der Waals surface area contributed by atoms with E-state index in [0.29, 0.717) is 40.9 Å². The van der Waals surface area contributed by atoms with E-state index in [1.165, 1.54) is 0 Å². The molecule has 0 atom stereocenters. The third-order valence-corrected chi connectivity index (χ3v) is 4.67. The normalized spacial score (nSPS) is 10.5. The summed E-state index contributed by atoms with van der Waals surface area (Å²) in [5.41, 5.74) is 6.26. The predicted octanol–water partition coefficient (Wildman–Crippen LogP) is 3.86. The summed E-state index contributed by atoms with van der Waals surface area (Å²) in [7, 11) is 0. The number of amides is 2. The Bertz CT molecular complexity index is 992. The zero-order chi connectivity index (χ0) is 21.3. The van der Waals surface area contributed by atoms with Gasteiger partial charge in [0.25, 0.3) is 5.91 Å². The van der Waals surface area contributed by atoms with Gasteiger partial charge in [-0.1, -0.05) is 35.3 Å². The van der Waals surface area contributed by atoms with Crippen LogP contribution in [0.15, 0.2) is 60.9 Å². The van der Waals surface area contributed by atoms with Crippen LogP contribution in [-0.4, -0.2) is 28.2 Å². The standard InChI is InChI=1S/C21H20Cl2N4O3/c22-17-8-9-19(18(23)13-17)30-12-1-3-20(28)25-26-21(29)16-6-4-15(5-7-16)14-27-11-2-10-24-27/h2,4-11,13H,1,3,12,14H2,(H,25,28)(H,26,29). The Morgan fingerprint density at radius 2 is 1.87 bits per heavy atom. The van der Waals surface area contributed by atoms with E-state index in [-0.39, 0.29) is 12.3 Å². The monoisotopic (exact) mass is 446 g/mol. The summed E-state index contributed by atoms with van der Waals surface area (Å²) in [6, 6.07) is 13.9. The van der Waals surface area contributed by atoms with Crippen molar-refractivity contribution in [2.45, 2.75) is 19.4 Å². The van der Waals surface area contributed by atoms with Crippen LogP contribution >= 0.6 is 23.2 Å². The summed E-state index contributed by atoms with van der Waals surface area (Å²) in [4.78, 5) is 24.1. The van der Waals surface area contributed by atoms with Crippen molar-refractivity contribution in [1.82, 2.24) is 20.6 Å². The molecule has 0 bridgehead atoms. The highest BCUT2D eigenvalue weighted by Crippen LogP contribution is 2.27. The van der Waals surface area contributed by atoms with Gasteiger partial charge in [0.2, 0.25) is 5.91 Å². The number of nitrogens with zero attached hydrogens (tertiary/aromatic N) is 2. The maximum absolute atomic E-state index is 12.2. The lowest BCUT2D eigenvalue weighted by molar-refractivity contribution is -0.122. The molecule has 1 heterocycles. The molecular weight excluding hydrogens is 427 g/mol. The van der Waals surface area contributed by atoms with Gasteiger partial charge in [-0.05, 0) is 48.4 Å². The van der Waals surface area contributed by atoms with Gasteiger partial charge in [-0.15, -0.1) is 0 Å². The molecule has 2 amide bonds. The molecule has 30 heavy (non-hydrogen) atoms. The molecule has 0 aliphatic rings. The summed E-state index contributed by atoms with van der Waals surface area (Å²) in [6.07, 6.45) is 4.23. The second-order valence-electron chi connectivity index (χ2n) is 6.43. The Morgan fingerprint density at radius 1 is 1.07 bits per heavy atom. The maximum atomic E-state index is 12.2. The maximum Gasteiger partial charge on any atom is 0.269 e. The number of carbonyl (C=O) groups excluding carboxylic acids is 2. The van der Waals surface area contributed by atoms with E-state index in [2.05, 4.69) is 16.0 Å². The van der Waals surface area contributed by atoms with Crippen molar-refractivity contribution in [2.24, 2.45) is 0 Å². The van der Waals surface area contributed by atoms with Gasteiger partial charge >= 0.3 is 0 Å². The first-order valence-electron chi connectivity index (χ1n) is 9.24. The number of hydrazine groups is 1. The van der Waals surface area contributed by atoms with Crippen LogP contribution in [0.2, 0.25) is 10.0 Å². The molecule has 156 valence electrons. The predicted molar refractivity (Wildman–Crippen MR) is 115 cm³/mol. The van der Waals surface area contributed by atoms with Gasteiger partial charge in [0.1, 0.15) is 5.75 Å². The topological polar surface area (TPSA) is 85.3 Å². The Labute approximate surface area is 183 Å². The van der Waals surface area contributed by atoms with Crippen molar-refractivity contribution in [3.8, 4) is 5.75 Å². The largest absolute Gasteiger partial charge is 0.492 e. The van der Waals surface area contributed by atoms with E-state index in [4.69, 9.17) is 27.9 Å². The number of ether oxygens (including phenoxy) is 1. The quantitative estimate of drug-likeness (QED) is 0.406. The molecule has 9 heteroatoms. The van der Waals surface area contributed by atoms with E-state index < -0.39 is 5.91 Å². The molecule has 0 saturated heterocycles. The minimum Gasteiger partial charge on any atom is -0.492 e. The summed E-state index contributed by atoms with van der Waals surface area (Å²) < 4.78 is 7.31. The van der Waals surface area contributed by atoms with Crippen molar-refractivity contribution in [3.05, 3.63) is 82.1 Å². The fraction of sp³-hybridized carbons (Fsp3) is 0.190. The fourth-order valence-corrected chi connectivity index (χ4v) is 3.07. The molecular formula is C21H20Cl2N4O3. The van der Waals surface area contributed by atoms with Crippen molar-refractivity contribution in [3.63, 3.8) is 0 Å². The number of nitrogens with one attached hydrogen (secondary N) is 2. The highest BCUT2D eigenvalue weighted by atomic mass is 35.5. The van der Waals surface area contributed by atoms with Gasteiger partial charge in [-0.2, -0.15) is 5.10 Å². The molecule has 3 rings (SSSR count). The van der Waals surface area contributed by atoms with E-state index in [1.807, 2.05) is 24.4 Å². The number of carbonyl (C=O) groups is 2. The molecule has 7 nitrogen and oxygen atoms in total. The molecule has 0 aliphatic carbocycles. The molecule has 2 N–H and O–H groups in total. The van der Waals surface area contributed by atoms with Crippen LogP contribution in [0.25, 0.3) is 0 Å². The first-order valence-corrected chi connectivity index (χ1v) is 10.0. The molecule has 0 radical (unpaired) electrons. The van der Waals surface area contributed by atoms with E-state index in [0.717, 1.165) is 5.56 Å². The van der Waals surface area contributed by atoms with E-state index >= 15 is 0 Å². The first kappa shape index (κ1) is 21.7. The molecule has 0 spiro atoms. The Balaban J connectivity index is 1.36. The van der Waals surface area contributed by atoms with E-state index in [9.17, 15) is 9.59 Å². The van der Waals surface area contributed by atoms with Gasteiger partial charge in [0.05, 0.1) is 18.2 Å². The van der Waals surface area contributed by atoms with Gasteiger partial charge in [-0.25, -0.2) is 0 Å². The molecule has 2 aromatic carbocycles. The minimum atomic E-state index is -0.391. The second-order valence-corrected chi connectivity index (χ2v) is 7.27. The molecule has 0 saturated carbocycles. The molecule has 0 unspecified atom stereocenters. The first-order chi connectivity index (χ1) is 14.5. The Hall–Kier alpha value is -3.03. The summed E-state index contributed by atoms with van der Waals surface area (Å²) in [6.45, 7) is 0.926. The lowest BCUT2D eigenvalue weighted by atomic mass is 10.1. The number of benzene rings is 2. The lowest BCUT2D eigenvalue weighted by Crippen LogP contribution is -2.41. The van der Waals surface area contributed by atoms with Crippen LogP contribution in [-0.2, 0) is 11.3 Å². The minimum absolute atomic E-state index is 0.189. The lowest BCUT2D eigenvalue weighted by Gasteiger charge is -2.10. The Morgan fingerprint density at radius 3 is 2.57 bits per heavy atom. The summed E-state index contributed by atoms with van der Waals surface area (Å²) >= 11 is 11.8. The average Bonchev–Trinajstić information content (AvgIpc) is 3.24. The number of hydrogen-bond donors (Lipinski definition) is 2. The number of hydrogen-bond acceptors (Lipinski definition) is 4. The highest BCUT2D eigenvalue weighted by Gasteiger charge is 2.08. The second kappa shape index (κ2) is 10.7. The zero-order valence-electron chi connectivity index (χ0n) is 16.0. The summed E-state index contributed by atoms with van der Waals surface area (Å²) in [5.74, 6) is -0.201. The van der Waals surface area contributed by atoms with Crippen molar-refractivity contribution in [1.29, 1.82) is 0 Å². The van der Waals surface area contributed by atoms with Crippen LogP contribution in [0.4, 0.5) is 0 Å². The third-order valence-electron chi connectivity index (χ3n) is 4.14. The van der Waals surface area contributed by atoms with Crippen LogP contribution in [0.3, 0.4) is 0 Å². The zero-order valence-corrected chi connectivity index (χ0v) is 17.5. The summed E-state index contributed by atoms with van der Waals surface area (Å²) in [5, 5.41) is 5.08. The number of rotatable bonds is 8. The average molecular weight is 447 g/mol. The van der Waals surface area contributed by atoms with Crippen molar-refractivity contribution < 1.29 is 14.3 Å². The SMILES string of the molecule is O=C(CCCOc1ccc(Cl)cc1Cl)NNC(=O)c1ccc(Cn2cccn2)cc1. The van der Waals surface area contributed by atoms with Crippen LogP contribution in [0.5, 0.6) is 5.75 Å². The number of aromatic nitrogens is 2. The van der Waals surface area contributed by atoms with Gasteiger partial charge in [-0.3, -0.25) is 25.1 Å². The van der Waals surface area contributed by atoms with Crippen molar-refractivity contribution >= 4 is 35.0 Å². The molecule has 1 aromatic heterocycles. The van der Waals surface area contributed by atoms with Crippen LogP contribution in [0, 0.1) is 0 Å². The van der Waals surface area contributed by atoms with E-state index in [1.54, 1.807) is 41.2 Å². The van der Waals surface area contributed by atoms with Gasteiger partial charge < -0.3 is 4.74 Å². The number of halogens is 2. The van der Waals surface area contributed by atoms with Gasteiger partial charge in [0.15, 0.2) is 0 Å². The van der Waals surface area contributed by atoms with Crippen LogP contribution < -0.4 is 15.6 Å².